The van der Waals surface area contributed by atoms with Crippen molar-refractivity contribution >= 4 is 0 Å². The molecule has 1 aliphatic rings. The first kappa shape index (κ1) is 19.6. The van der Waals surface area contributed by atoms with Gasteiger partial charge in [-0.15, -0.1) is 0 Å². The number of halogens is 1. The molecule has 0 spiro atoms. The van der Waals surface area contributed by atoms with Crippen molar-refractivity contribution in [3.8, 4) is 33.5 Å². The first-order chi connectivity index (χ1) is 14.8. The summed E-state index contributed by atoms with van der Waals surface area (Å²) in [7, 11) is 2.08. The Morgan fingerprint density at radius 2 is 1.55 bits per heavy atom. The van der Waals surface area contributed by atoms with Crippen LogP contribution in [-0.2, 0) is 12.5 Å². The molecule has 31 heavy (non-hydrogen) atoms. The molecule has 0 N–H and O–H groups in total. The van der Waals surface area contributed by atoms with Crippen molar-refractivity contribution in [2.75, 3.05) is 0 Å². The number of aryl methyl sites for hydroxylation is 3. The van der Waals surface area contributed by atoms with Crippen LogP contribution < -0.4 is 4.57 Å². The molecule has 0 fully saturated rings. The van der Waals surface area contributed by atoms with E-state index in [2.05, 4.69) is 69.8 Å². The van der Waals surface area contributed by atoms with Gasteiger partial charge in [0.2, 0.25) is 5.69 Å². The average molecular weight is 410 g/mol. The second-order valence-electron chi connectivity index (χ2n) is 9.11. The summed E-state index contributed by atoms with van der Waals surface area (Å²) in [4.78, 5) is 4.71. The van der Waals surface area contributed by atoms with E-state index in [4.69, 9.17) is 4.98 Å². The van der Waals surface area contributed by atoms with E-state index in [1.807, 2.05) is 24.4 Å². The van der Waals surface area contributed by atoms with Gasteiger partial charge in [-0.25, -0.2) is 8.96 Å². The summed E-state index contributed by atoms with van der Waals surface area (Å²) in [6, 6.07) is 17.8. The zero-order valence-electron chi connectivity index (χ0n) is 18.6. The summed E-state index contributed by atoms with van der Waals surface area (Å²) in [6.45, 7) is 8.81. The fourth-order valence-corrected chi connectivity index (χ4v) is 4.92. The van der Waals surface area contributed by atoms with E-state index in [0.29, 0.717) is 0 Å². The molecule has 0 bridgehead atoms. The molecule has 0 amide bonds. The molecule has 0 radical (unpaired) electrons. The molecule has 5 rings (SSSR count). The van der Waals surface area contributed by atoms with E-state index in [9.17, 15) is 4.39 Å². The van der Waals surface area contributed by atoms with E-state index in [-0.39, 0.29) is 11.2 Å². The van der Waals surface area contributed by atoms with Crippen LogP contribution in [0.3, 0.4) is 0 Å². The lowest BCUT2D eigenvalue weighted by molar-refractivity contribution is -0.660. The van der Waals surface area contributed by atoms with Gasteiger partial charge in [-0.2, -0.15) is 0 Å². The van der Waals surface area contributed by atoms with Crippen LogP contribution >= 0.6 is 0 Å². The van der Waals surface area contributed by atoms with E-state index >= 15 is 0 Å². The summed E-state index contributed by atoms with van der Waals surface area (Å²) in [5, 5.41) is 0. The van der Waals surface area contributed by atoms with Gasteiger partial charge >= 0.3 is 0 Å². The summed E-state index contributed by atoms with van der Waals surface area (Å²) in [5.41, 5.74) is 11.8. The molecule has 4 aromatic rings. The maximum atomic E-state index is 13.4. The molecule has 2 nitrogen and oxygen atoms in total. The Hall–Kier alpha value is -3.33. The lowest BCUT2D eigenvalue weighted by Gasteiger charge is -2.21. The minimum atomic E-state index is -0.214. The zero-order valence-corrected chi connectivity index (χ0v) is 18.6. The van der Waals surface area contributed by atoms with Crippen molar-refractivity contribution in [2.45, 2.75) is 33.1 Å². The number of fused-ring (bicyclic) bond motifs is 3. The van der Waals surface area contributed by atoms with Gasteiger partial charge in [0.05, 0.1) is 5.69 Å². The highest BCUT2D eigenvalue weighted by atomic mass is 19.1. The SMILES string of the molecule is Cc1cc(-c2cc3c(cc2C)-c2cccnc2C3(C)C)[n+](C)cc1-c1ccc(F)cc1. The van der Waals surface area contributed by atoms with Crippen LogP contribution in [-0.4, -0.2) is 4.98 Å². The number of pyridine rings is 2. The van der Waals surface area contributed by atoms with Crippen LogP contribution in [0.1, 0.15) is 36.2 Å². The predicted octanol–water partition coefficient (Wildman–Crippen LogP) is 6.30. The Morgan fingerprint density at radius 3 is 2.29 bits per heavy atom. The monoisotopic (exact) mass is 409 g/mol. The van der Waals surface area contributed by atoms with Gasteiger partial charge in [-0.05, 0) is 65.9 Å². The maximum Gasteiger partial charge on any atom is 0.212 e. The maximum absolute atomic E-state index is 13.4. The van der Waals surface area contributed by atoms with Crippen LogP contribution in [0.15, 0.2) is 67.0 Å². The quantitative estimate of drug-likeness (QED) is 0.355. The Kier molecular flexibility index (Phi) is 4.33. The van der Waals surface area contributed by atoms with Crippen molar-refractivity contribution in [3.63, 3.8) is 0 Å². The van der Waals surface area contributed by atoms with Crippen molar-refractivity contribution in [2.24, 2.45) is 7.05 Å². The number of hydrogen-bond acceptors (Lipinski definition) is 1. The Morgan fingerprint density at radius 1 is 0.839 bits per heavy atom. The highest BCUT2D eigenvalue weighted by Crippen LogP contribution is 2.49. The van der Waals surface area contributed by atoms with Crippen LogP contribution in [0, 0.1) is 19.7 Å². The fourth-order valence-electron chi connectivity index (χ4n) is 4.92. The highest BCUT2D eigenvalue weighted by Gasteiger charge is 2.37. The summed E-state index contributed by atoms with van der Waals surface area (Å²) in [5.74, 6) is -0.214. The van der Waals surface area contributed by atoms with E-state index in [1.165, 1.54) is 51.2 Å². The largest absolute Gasteiger partial charge is 0.260 e. The molecule has 0 saturated heterocycles. The van der Waals surface area contributed by atoms with Gasteiger partial charge in [0, 0.05) is 34.4 Å². The van der Waals surface area contributed by atoms with Gasteiger partial charge in [-0.1, -0.05) is 38.1 Å². The van der Waals surface area contributed by atoms with Crippen molar-refractivity contribution in [3.05, 3.63) is 95.2 Å². The first-order valence-corrected chi connectivity index (χ1v) is 10.6. The van der Waals surface area contributed by atoms with Crippen LogP contribution in [0.5, 0.6) is 0 Å². The standard InChI is InChI=1S/C28H26FN2/c1-17-13-23-21-7-6-12-30-27(21)28(3,4)25(23)15-22(17)26-14-18(2)24(16-31(26)5)19-8-10-20(29)11-9-19/h6-16H,1-5H3/q+1. The Balaban J connectivity index is 1.66. The molecular weight excluding hydrogens is 383 g/mol. The van der Waals surface area contributed by atoms with Crippen LogP contribution in [0.25, 0.3) is 33.5 Å². The minimum absolute atomic E-state index is 0.129. The zero-order chi connectivity index (χ0) is 21.9. The topological polar surface area (TPSA) is 16.8 Å². The lowest BCUT2D eigenvalue weighted by atomic mass is 9.83. The molecule has 1 aliphatic carbocycles. The number of benzene rings is 2. The minimum Gasteiger partial charge on any atom is -0.260 e. The lowest BCUT2D eigenvalue weighted by Crippen LogP contribution is -2.31. The summed E-state index contributed by atoms with van der Waals surface area (Å²) < 4.78 is 15.5. The predicted molar refractivity (Wildman–Crippen MR) is 123 cm³/mol. The smallest absolute Gasteiger partial charge is 0.212 e. The second kappa shape index (κ2) is 6.84. The molecule has 3 heteroatoms. The molecule has 0 saturated carbocycles. The molecule has 0 aliphatic heterocycles. The van der Waals surface area contributed by atoms with Crippen LogP contribution in [0.2, 0.25) is 0 Å². The molecule has 0 unspecified atom stereocenters. The van der Waals surface area contributed by atoms with Crippen molar-refractivity contribution < 1.29 is 8.96 Å². The number of rotatable bonds is 2. The fraction of sp³-hybridized carbons (Fsp3) is 0.214. The second-order valence-corrected chi connectivity index (χ2v) is 9.11. The van der Waals surface area contributed by atoms with Crippen LogP contribution in [0.4, 0.5) is 4.39 Å². The van der Waals surface area contributed by atoms with Gasteiger partial charge in [0.15, 0.2) is 6.20 Å². The highest BCUT2D eigenvalue weighted by molar-refractivity contribution is 5.83. The molecular formula is C28H26FN2+. The Labute approximate surface area is 183 Å². The third-order valence-corrected chi connectivity index (χ3v) is 6.64. The van der Waals surface area contributed by atoms with Gasteiger partial charge in [0.25, 0.3) is 0 Å². The number of nitrogens with zero attached hydrogens (tertiary/aromatic N) is 2. The Bertz CT molecular complexity index is 1330. The van der Waals surface area contributed by atoms with Crippen molar-refractivity contribution in [1.82, 2.24) is 4.98 Å². The van der Waals surface area contributed by atoms with Gasteiger partial charge in [0.1, 0.15) is 12.9 Å². The molecule has 154 valence electrons. The van der Waals surface area contributed by atoms with Gasteiger partial charge < -0.3 is 0 Å². The average Bonchev–Trinajstić information content (AvgIpc) is 2.96. The third kappa shape index (κ3) is 2.99. The van der Waals surface area contributed by atoms with Gasteiger partial charge in [-0.3, -0.25) is 4.98 Å². The molecule has 2 aromatic carbocycles. The van der Waals surface area contributed by atoms with E-state index < -0.39 is 0 Å². The molecule has 2 heterocycles. The molecule has 0 atom stereocenters. The van der Waals surface area contributed by atoms with Crippen molar-refractivity contribution in [1.29, 1.82) is 0 Å². The van der Waals surface area contributed by atoms with E-state index in [1.54, 1.807) is 0 Å². The number of aromatic nitrogens is 2. The summed E-state index contributed by atoms with van der Waals surface area (Å²) >= 11 is 0. The normalized spacial score (nSPS) is 13.7. The molecule has 2 aromatic heterocycles. The summed E-state index contributed by atoms with van der Waals surface area (Å²) in [6.07, 6.45) is 4.03. The van der Waals surface area contributed by atoms with E-state index in [0.717, 1.165) is 16.8 Å². The third-order valence-electron chi connectivity index (χ3n) is 6.64. The first-order valence-electron chi connectivity index (χ1n) is 10.6. The number of hydrogen-bond donors (Lipinski definition) is 0.